The lowest BCUT2D eigenvalue weighted by atomic mass is 10.1. The van der Waals surface area contributed by atoms with E-state index in [4.69, 9.17) is 0 Å². The maximum Gasteiger partial charge on any atom is 0.271 e. The summed E-state index contributed by atoms with van der Waals surface area (Å²) in [5, 5.41) is 8.62. The van der Waals surface area contributed by atoms with Gasteiger partial charge in [0.2, 0.25) is 5.91 Å². The van der Waals surface area contributed by atoms with E-state index in [1.54, 1.807) is 19.1 Å². The minimum Gasteiger partial charge on any atom is -0.326 e. The first-order chi connectivity index (χ1) is 13.0. The van der Waals surface area contributed by atoms with Gasteiger partial charge in [0.05, 0.1) is 6.42 Å². The lowest BCUT2D eigenvalue weighted by Crippen LogP contribution is -2.21. The first-order valence-corrected chi connectivity index (χ1v) is 8.39. The fourth-order valence-electron chi connectivity index (χ4n) is 2.55. The molecule has 0 aliphatic heterocycles. The normalized spacial score (nSPS) is 11.3. The molecule has 0 saturated heterocycles. The molecule has 0 heterocycles. The number of hydrogen-bond acceptors (Lipinski definition) is 3. The molecule has 2 amide bonds. The number of fused-ring (bicyclic) bond motifs is 1. The van der Waals surface area contributed by atoms with Crippen LogP contribution in [0.25, 0.3) is 10.8 Å². The Kier molecular flexibility index (Phi) is 5.56. The number of nitrogens with one attached hydrogen (secondary N) is 2. The van der Waals surface area contributed by atoms with Gasteiger partial charge in [-0.25, -0.2) is 9.82 Å². The monoisotopic (exact) mass is 363 g/mol. The van der Waals surface area contributed by atoms with Crippen LogP contribution in [0.2, 0.25) is 0 Å². The third kappa shape index (κ3) is 4.98. The summed E-state index contributed by atoms with van der Waals surface area (Å²) in [6, 6.07) is 18.6. The highest BCUT2D eigenvalue weighted by atomic mass is 19.1. The second-order valence-corrected chi connectivity index (χ2v) is 6.08. The summed E-state index contributed by atoms with van der Waals surface area (Å²) in [4.78, 5) is 24.2. The Morgan fingerprint density at radius 1 is 0.963 bits per heavy atom. The number of carbonyl (C=O) groups is 2. The van der Waals surface area contributed by atoms with Gasteiger partial charge in [-0.1, -0.05) is 30.3 Å². The molecule has 27 heavy (non-hydrogen) atoms. The number of carbonyl (C=O) groups excluding carboxylic acids is 2. The average molecular weight is 363 g/mol. The molecular formula is C21H18FN3O2. The highest BCUT2D eigenvalue weighted by Gasteiger charge is 2.08. The van der Waals surface area contributed by atoms with Crippen LogP contribution in [-0.2, 0) is 4.79 Å². The Morgan fingerprint density at radius 3 is 2.41 bits per heavy atom. The zero-order chi connectivity index (χ0) is 19.2. The predicted octanol–water partition coefficient (Wildman–Crippen LogP) is 4.11. The number of hydrogen-bond donors (Lipinski definition) is 2. The number of benzene rings is 3. The van der Waals surface area contributed by atoms with Crippen molar-refractivity contribution in [3.05, 3.63) is 78.1 Å². The van der Waals surface area contributed by atoms with Crippen LogP contribution in [0.5, 0.6) is 0 Å². The van der Waals surface area contributed by atoms with Crippen LogP contribution in [0.15, 0.2) is 71.8 Å². The zero-order valence-electron chi connectivity index (χ0n) is 14.7. The summed E-state index contributed by atoms with van der Waals surface area (Å²) in [6.07, 6.45) is 0.00930. The number of amides is 2. The molecule has 0 radical (unpaired) electrons. The van der Waals surface area contributed by atoms with E-state index in [1.165, 1.54) is 24.3 Å². The van der Waals surface area contributed by atoms with E-state index in [9.17, 15) is 14.0 Å². The smallest absolute Gasteiger partial charge is 0.271 e. The van der Waals surface area contributed by atoms with Crippen molar-refractivity contribution in [1.29, 1.82) is 0 Å². The van der Waals surface area contributed by atoms with Gasteiger partial charge in [-0.2, -0.15) is 5.10 Å². The Bertz CT molecular complexity index is 1010. The van der Waals surface area contributed by atoms with Crippen molar-refractivity contribution >= 4 is 34.0 Å². The van der Waals surface area contributed by atoms with Crippen LogP contribution in [0.3, 0.4) is 0 Å². The van der Waals surface area contributed by atoms with Gasteiger partial charge >= 0.3 is 0 Å². The summed E-state index contributed by atoms with van der Waals surface area (Å²) >= 11 is 0. The molecular weight excluding hydrogens is 345 g/mol. The Hall–Kier alpha value is -3.54. The largest absolute Gasteiger partial charge is 0.326 e. The van der Waals surface area contributed by atoms with Crippen LogP contribution in [0.4, 0.5) is 10.1 Å². The number of halogens is 1. The molecule has 0 unspecified atom stereocenters. The van der Waals surface area contributed by atoms with Gasteiger partial charge in [-0.15, -0.1) is 0 Å². The lowest BCUT2D eigenvalue weighted by Gasteiger charge is -2.06. The molecule has 136 valence electrons. The van der Waals surface area contributed by atoms with Gasteiger partial charge in [-0.05, 0) is 54.1 Å². The molecule has 0 atom stereocenters. The summed E-state index contributed by atoms with van der Waals surface area (Å²) in [5.74, 6) is -1.02. The van der Waals surface area contributed by atoms with E-state index in [-0.39, 0.29) is 24.1 Å². The van der Waals surface area contributed by atoms with Crippen molar-refractivity contribution < 1.29 is 14.0 Å². The summed E-state index contributed by atoms with van der Waals surface area (Å²) in [5.41, 5.74) is 3.89. The molecule has 2 N–H and O–H groups in total. The number of nitrogens with zero attached hydrogens (tertiary/aromatic N) is 1. The minimum atomic E-state index is -0.373. The van der Waals surface area contributed by atoms with Crippen molar-refractivity contribution in [3.8, 4) is 0 Å². The van der Waals surface area contributed by atoms with E-state index in [0.717, 1.165) is 10.8 Å². The third-order valence-corrected chi connectivity index (χ3v) is 3.90. The fourth-order valence-corrected chi connectivity index (χ4v) is 2.55. The van der Waals surface area contributed by atoms with Crippen LogP contribution in [-0.4, -0.2) is 17.5 Å². The molecule has 0 aromatic heterocycles. The van der Waals surface area contributed by atoms with Crippen molar-refractivity contribution in [2.45, 2.75) is 13.3 Å². The van der Waals surface area contributed by atoms with E-state index in [2.05, 4.69) is 15.8 Å². The Balaban J connectivity index is 1.57. The van der Waals surface area contributed by atoms with Crippen LogP contribution in [0.1, 0.15) is 23.7 Å². The number of anilines is 1. The third-order valence-electron chi connectivity index (χ3n) is 3.90. The highest BCUT2D eigenvalue weighted by molar-refractivity contribution is 6.06. The average Bonchev–Trinajstić information content (AvgIpc) is 2.67. The van der Waals surface area contributed by atoms with E-state index >= 15 is 0 Å². The summed E-state index contributed by atoms with van der Waals surface area (Å²) in [7, 11) is 0. The van der Waals surface area contributed by atoms with Gasteiger partial charge in [0, 0.05) is 17.0 Å². The molecule has 0 fully saturated rings. The molecule has 0 aliphatic rings. The van der Waals surface area contributed by atoms with Crippen LogP contribution < -0.4 is 10.7 Å². The zero-order valence-corrected chi connectivity index (χ0v) is 14.7. The molecule has 0 spiro atoms. The first-order valence-electron chi connectivity index (χ1n) is 8.39. The van der Waals surface area contributed by atoms with Gasteiger partial charge in [-0.3, -0.25) is 9.59 Å². The van der Waals surface area contributed by atoms with E-state index in [0.29, 0.717) is 17.0 Å². The molecule has 0 aliphatic carbocycles. The SMILES string of the molecule is C/C(CC(=O)Nc1ccc(F)cc1)=N\NC(=O)c1ccc2ccccc2c1. The molecule has 3 aromatic carbocycles. The quantitative estimate of drug-likeness (QED) is 0.529. The predicted molar refractivity (Wildman–Crippen MR) is 104 cm³/mol. The van der Waals surface area contributed by atoms with E-state index < -0.39 is 0 Å². The van der Waals surface area contributed by atoms with Crippen molar-refractivity contribution in [2.24, 2.45) is 5.10 Å². The first kappa shape index (κ1) is 18.3. The molecule has 3 aromatic rings. The van der Waals surface area contributed by atoms with Gasteiger partial charge in [0.25, 0.3) is 5.91 Å². The topological polar surface area (TPSA) is 70.6 Å². The van der Waals surface area contributed by atoms with Crippen LogP contribution in [0, 0.1) is 5.82 Å². The maximum absolute atomic E-state index is 12.9. The fraction of sp³-hybridized carbons (Fsp3) is 0.0952. The number of hydrazone groups is 1. The molecule has 6 heteroatoms. The maximum atomic E-state index is 12.9. The molecule has 0 bridgehead atoms. The van der Waals surface area contributed by atoms with Crippen molar-refractivity contribution in [3.63, 3.8) is 0 Å². The Morgan fingerprint density at radius 2 is 1.67 bits per heavy atom. The standard InChI is InChI=1S/C21H18FN3O2/c1-14(12-20(26)23-19-10-8-18(22)9-11-19)24-25-21(27)17-7-6-15-4-2-3-5-16(15)13-17/h2-11,13H,12H2,1H3,(H,23,26)(H,25,27)/b24-14+. The molecule has 3 rings (SSSR count). The lowest BCUT2D eigenvalue weighted by molar-refractivity contribution is -0.115. The van der Waals surface area contributed by atoms with Gasteiger partial charge in [0.1, 0.15) is 5.82 Å². The van der Waals surface area contributed by atoms with Gasteiger partial charge in [0.15, 0.2) is 0 Å². The van der Waals surface area contributed by atoms with Gasteiger partial charge < -0.3 is 5.32 Å². The molecule has 5 nitrogen and oxygen atoms in total. The minimum absolute atomic E-state index is 0.00930. The van der Waals surface area contributed by atoms with Crippen molar-refractivity contribution in [1.82, 2.24) is 5.43 Å². The van der Waals surface area contributed by atoms with Crippen LogP contribution >= 0.6 is 0 Å². The summed E-state index contributed by atoms with van der Waals surface area (Å²) in [6.45, 7) is 1.64. The second kappa shape index (κ2) is 8.23. The van der Waals surface area contributed by atoms with E-state index in [1.807, 2.05) is 30.3 Å². The highest BCUT2D eigenvalue weighted by Crippen LogP contribution is 2.15. The van der Waals surface area contributed by atoms with Crippen molar-refractivity contribution in [2.75, 3.05) is 5.32 Å². The Labute approximate surface area is 155 Å². The molecule has 0 saturated carbocycles. The number of rotatable bonds is 5. The second-order valence-electron chi connectivity index (χ2n) is 6.08. The summed E-state index contributed by atoms with van der Waals surface area (Å²) < 4.78 is 12.9.